The molecule has 6 aromatic rings. The molecule has 2 amide bonds. The predicted molar refractivity (Wildman–Crippen MR) is 227 cm³/mol. The zero-order valence-corrected chi connectivity index (χ0v) is 35.8. The van der Waals surface area contributed by atoms with Crippen LogP contribution in [0.2, 0.25) is 0 Å². The first-order chi connectivity index (χ1) is 27.8. The van der Waals surface area contributed by atoms with E-state index in [1.54, 1.807) is 42.1 Å². The summed E-state index contributed by atoms with van der Waals surface area (Å²) in [5, 5.41) is 22.0. The van der Waals surface area contributed by atoms with Crippen molar-refractivity contribution in [3.05, 3.63) is 71.2 Å². The molecular weight excluding hydrogens is 804 g/mol. The lowest BCUT2D eigenvalue weighted by Gasteiger charge is -2.35. The molecule has 0 aliphatic heterocycles. The fraction of sp³-hybridized carbons (Fsp3) is 0.476. The minimum Gasteiger partial charge on any atom is -0.496 e. The summed E-state index contributed by atoms with van der Waals surface area (Å²) in [5.74, 6) is 1.49. The van der Waals surface area contributed by atoms with Gasteiger partial charge in [-0.2, -0.15) is 19.8 Å². The van der Waals surface area contributed by atoms with Crippen LogP contribution < -0.4 is 20.1 Å². The van der Waals surface area contributed by atoms with Crippen LogP contribution in [-0.2, 0) is 4.74 Å². The molecule has 0 unspecified atom stereocenters. The lowest BCUT2D eigenvalue weighted by Crippen LogP contribution is -2.42. The monoisotopic (exact) mass is 856 g/mol. The summed E-state index contributed by atoms with van der Waals surface area (Å²) in [4.78, 5) is 31.4. The molecule has 0 radical (unpaired) electrons. The number of halogens is 1. The van der Waals surface area contributed by atoms with Crippen molar-refractivity contribution in [1.29, 1.82) is 0 Å². The van der Waals surface area contributed by atoms with Gasteiger partial charge in [0.05, 0.1) is 53.6 Å². The number of ether oxygens (including phenoxy) is 3. The second kappa shape index (κ2) is 17.3. The van der Waals surface area contributed by atoms with E-state index >= 15 is 0 Å². The Hall–Kier alpha value is -5.22. The van der Waals surface area contributed by atoms with Crippen LogP contribution in [0, 0.1) is 0 Å². The van der Waals surface area contributed by atoms with E-state index in [1.165, 1.54) is 0 Å². The van der Waals surface area contributed by atoms with Crippen molar-refractivity contribution in [1.82, 2.24) is 44.4 Å². The maximum Gasteiger partial charge on any atom is 0.410 e. The Morgan fingerprint density at radius 2 is 1.47 bits per heavy atom. The number of aromatic nitrogens is 7. The first kappa shape index (κ1) is 41.0. The number of amides is 2. The third-order valence-electron chi connectivity index (χ3n) is 11.2. The molecule has 4 aromatic heterocycles. The van der Waals surface area contributed by atoms with Crippen molar-refractivity contribution < 1.29 is 23.8 Å². The molecule has 0 bridgehead atoms. The Bertz CT molecular complexity index is 2380. The molecule has 2 N–H and O–H groups in total. The highest BCUT2D eigenvalue weighted by Gasteiger charge is 2.30. The fourth-order valence-corrected chi connectivity index (χ4v) is 8.44. The van der Waals surface area contributed by atoms with E-state index in [-0.39, 0.29) is 18.0 Å². The van der Waals surface area contributed by atoms with E-state index in [1.807, 2.05) is 76.1 Å². The zero-order chi connectivity index (χ0) is 41.1. The molecule has 0 saturated heterocycles. The summed E-state index contributed by atoms with van der Waals surface area (Å²) in [6, 6.07) is 12.8. The van der Waals surface area contributed by atoms with Crippen molar-refractivity contribution in [3.8, 4) is 11.5 Å². The molecule has 0 atom stereocenters. The van der Waals surface area contributed by atoms with Gasteiger partial charge in [0, 0.05) is 60.6 Å². The summed E-state index contributed by atoms with van der Waals surface area (Å²) in [5.41, 5.74) is 2.39. The van der Waals surface area contributed by atoms with Crippen molar-refractivity contribution in [3.63, 3.8) is 0 Å². The molecule has 4 heterocycles. The fourth-order valence-electron chi connectivity index (χ4n) is 7.91. The van der Waals surface area contributed by atoms with Crippen molar-refractivity contribution in [2.75, 3.05) is 33.6 Å². The van der Waals surface area contributed by atoms with Crippen LogP contribution in [0.15, 0.2) is 65.7 Å². The van der Waals surface area contributed by atoms with E-state index in [2.05, 4.69) is 47.5 Å². The number of hydrogen-bond donors (Lipinski definition) is 2. The van der Waals surface area contributed by atoms with Gasteiger partial charge in [-0.25, -0.2) is 9.78 Å². The number of benzene rings is 2. The standard InChI is InChI=1S/C22H25N7O2.C20H28BrN3O3/c1-23-15-5-7-16(8-6-15)28-13-14-10-17(19(31-2)11-18(14)27-28)22(30)26-21-12-24-20-4-3-9-25-29(20)21;1-20(2,3)27-19(25)23(4)14-6-8-15(9-7-14)24-12-13-10-16(21)18(26-5)11-17(13)22-24/h3-4,9-13,15-16,23H,5-8H2,1-2H3,(H,26,30);10-12,14-15H,6-9H2,1-5H3. The van der Waals surface area contributed by atoms with Gasteiger partial charge in [0.15, 0.2) is 11.5 Å². The van der Waals surface area contributed by atoms with Crippen molar-refractivity contribution in [2.45, 2.75) is 102 Å². The molecule has 8 rings (SSSR count). The molecule has 15 nitrogen and oxygen atoms in total. The number of fused-ring (bicyclic) bond motifs is 3. The largest absolute Gasteiger partial charge is 0.496 e. The van der Waals surface area contributed by atoms with Gasteiger partial charge in [-0.15, -0.1) is 0 Å². The molecule has 2 fully saturated rings. The minimum atomic E-state index is -0.465. The lowest BCUT2D eigenvalue weighted by molar-refractivity contribution is 0.0173. The maximum atomic E-state index is 13.1. The first-order valence-electron chi connectivity index (χ1n) is 19.9. The van der Waals surface area contributed by atoms with E-state index in [0.717, 1.165) is 83.4 Å². The molecule has 2 saturated carbocycles. The first-order valence-corrected chi connectivity index (χ1v) is 20.7. The number of methoxy groups -OCH3 is 2. The number of hydrogen-bond acceptors (Lipinski definition) is 10. The van der Waals surface area contributed by atoms with Gasteiger partial charge >= 0.3 is 6.09 Å². The Kier molecular flexibility index (Phi) is 12.2. The van der Waals surface area contributed by atoms with Gasteiger partial charge in [-0.1, -0.05) is 0 Å². The third-order valence-corrected chi connectivity index (χ3v) is 11.8. The number of nitrogens with one attached hydrogen (secondary N) is 2. The summed E-state index contributed by atoms with van der Waals surface area (Å²) < 4.78 is 23.0. The smallest absolute Gasteiger partial charge is 0.410 e. The quantitative estimate of drug-likeness (QED) is 0.153. The molecule has 2 aliphatic carbocycles. The molecule has 2 aliphatic rings. The Morgan fingerprint density at radius 3 is 2.07 bits per heavy atom. The highest BCUT2D eigenvalue weighted by molar-refractivity contribution is 9.10. The van der Waals surface area contributed by atoms with E-state index < -0.39 is 5.60 Å². The number of rotatable bonds is 8. The predicted octanol–water partition coefficient (Wildman–Crippen LogP) is 8.20. The van der Waals surface area contributed by atoms with Crippen LogP contribution in [0.25, 0.3) is 27.5 Å². The van der Waals surface area contributed by atoms with Gasteiger partial charge < -0.3 is 29.7 Å². The summed E-state index contributed by atoms with van der Waals surface area (Å²) in [6.07, 6.45) is 15.5. The van der Waals surface area contributed by atoms with Crippen LogP contribution in [0.1, 0.15) is 94.6 Å². The van der Waals surface area contributed by atoms with E-state index in [9.17, 15) is 9.59 Å². The topological polar surface area (TPSA) is 155 Å². The van der Waals surface area contributed by atoms with Crippen molar-refractivity contribution >= 4 is 61.2 Å². The van der Waals surface area contributed by atoms with Crippen molar-refractivity contribution in [2.24, 2.45) is 0 Å². The number of carbonyl (C=O) groups is 2. The molecule has 2 aromatic carbocycles. The number of carbonyl (C=O) groups excluding carboxylic acids is 2. The Morgan fingerprint density at radius 1 is 0.862 bits per heavy atom. The minimum absolute atomic E-state index is 0.218. The van der Waals surface area contributed by atoms with Gasteiger partial charge in [0.2, 0.25) is 0 Å². The Balaban J connectivity index is 0.000000179. The summed E-state index contributed by atoms with van der Waals surface area (Å²) in [6.45, 7) is 5.68. The lowest BCUT2D eigenvalue weighted by atomic mass is 9.90. The van der Waals surface area contributed by atoms with E-state index in [4.69, 9.17) is 24.4 Å². The SMILES string of the molecule is CNC1CCC(n2cc3cc(C(=O)Nc4cnc5cccnn45)c(OC)cc3n2)CC1.COc1cc2nn(C3CCC(N(C)C(=O)OC(C)(C)C)CC3)cc2cc1Br. The second-order valence-corrected chi connectivity index (χ2v) is 17.0. The Labute approximate surface area is 346 Å². The molecule has 16 heteroatoms. The van der Waals surface area contributed by atoms with Crippen LogP contribution in [0.5, 0.6) is 11.5 Å². The average molecular weight is 858 g/mol. The normalized spacial score (nSPS) is 19.7. The summed E-state index contributed by atoms with van der Waals surface area (Å²) >= 11 is 3.53. The van der Waals surface area contributed by atoms with Gasteiger partial charge in [0.1, 0.15) is 17.1 Å². The van der Waals surface area contributed by atoms with Crippen LogP contribution in [0.4, 0.5) is 10.6 Å². The number of nitrogens with zero attached hydrogens (tertiary/aromatic N) is 8. The van der Waals surface area contributed by atoms with Gasteiger partial charge in [0.25, 0.3) is 5.91 Å². The number of imidazole rings is 1. The third kappa shape index (κ3) is 9.07. The highest BCUT2D eigenvalue weighted by atomic mass is 79.9. The average Bonchev–Trinajstić information content (AvgIpc) is 3.96. The van der Waals surface area contributed by atoms with E-state index in [0.29, 0.717) is 40.9 Å². The molecular formula is C42H53BrN10O5. The maximum absolute atomic E-state index is 13.1. The second-order valence-electron chi connectivity index (χ2n) is 16.1. The van der Waals surface area contributed by atoms with Crippen LogP contribution in [0.3, 0.4) is 0 Å². The van der Waals surface area contributed by atoms with Gasteiger partial charge in [-0.05, 0) is 119 Å². The molecule has 308 valence electrons. The summed E-state index contributed by atoms with van der Waals surface area (Å²) in [7, 11) is 7.08. The number of anilines is 1. The molecule has 58 heavy (non-hydrogen) atoms. The molecule has 0 spiro atoms. The zero-order valence-electron chi connectivity index (χ0n) is 34.2. The van der Waals surface area contributed by atoms with Crippen LogP contribution in [-0.4, -0.2) is 97.1 Å². The highest BCUT2D eigenvalue weighted by Crippen LogP contribution is 2.35. The van der Waals surface area contributed by atoms with Gasteiger partial charge in [-0.3, -0.25) is 14.2 Å². The van der Waals surface area contributed by atoms with Crippen LogP contribution >= 0.6 is 15.9 Å².